The molecule has 2 heterocycles. The van der Waals surface area contributed by atoms with Crippen LogP contribution in [0.3, 0.4) is 0 Å². The first-order chi connectivity index (χ1) is 14.4. The van der Waals surface area contributed by atoms with E-state index < -0.39 is 0 Å². The molecule has 30 heavy (non-hydrogen) atoms. The molecule has 0 bridgehead atoms. The van der Waals surface area contributed by atoms with Crippen LogP contribution in [-0.2, 0) is 5.41 Å². The average Bonchev–Trinajstić information content (AvgIpc) is 3.38. The molecule has 0 amide bonds. The summed E-state index contributed by atoms with van der Waals surface area (Å²) in [6, 6.07) is 14.2. The van der Waals surface area contributed by atoms with Crippen molar-refractivity contribution in [2.45, 2.75) is 39.5 Å². The molecular weight excluding hydrogens is 374 g/mol. The molecule has 2 aromatic heterocycles. The van der Waals surface area contributed by atoms with E-state index in [2.05, 4.69) is 58.5 Å². The number of aromatic amines is 2. The zero-order chi connectivity index (χ0) is 21.3. The smallest absolute Gasteiger partial charge is 0.159 e. The SMILES string of the molecule is CCC=Nc1ccc(-c2ccc3nc(-c4cc(C(C)(C)C)[nH]n4)[nH]c3c2)cc1NN. The minimum absolute atomic E-state index is 0.00646. The molecule has 7 heteroatoms. The standard InChI is InChI=1S/C23H27N7/c1-5-10-25-16-8-6-15(12-19(16)28-24)14-7-9-17-18(11-14)27-22(26-17)20-13-21(30-29-20)23(2,3)4/h6-13,28H,5,24H2,1-4H3,(H,26,27)(H,29,30). The monoisotopic (exact) mass is 401 g/mol. The van der Waals surface area contributed by atoms with Crippen molar-refractivity contribution in [2.24, 2.45) is 10.8 Å². The lowest BCUT2D eigenvalue weighted by Gasteiger charge is -2.14. The van der Waals surface area contributed by atoms with Gasteiger partial charge in [-0.3, -0.25) is 15.9 Å². The molecule has 0 aliphatic rings. The molecule has 0 aliphatic heterocycles. The highest BCUT2D eigenvalue weighted by atomic mass is 15.2. The van der Waals surface area contributed by atoms with Gasteiger partial charge in [-0.2, -0.15) is 5.10 Å². The van der Waals surface area contributed by atoms with Gasteiger partial charge < -0.3 is 10.4 Å². The van der Waals surface area contributed by atoms with Crippen LogP contribution >= 0.6 is 0 Å². The maximum atomic E-state index is 5.71. The maximum Gasteiger partial charge on any atom is 0.159 e. The first kappa shape index (κ1) is 19.8. The van der Waals surface area contributed by atoms with Gasteiger partial charge in [-0.15, -0.1) is 0 Å². The number of benzene rings is 2. The summed E-state index contributed by atoms with van der Waals surface area (Å²) in [4.78, 5) is 12.5. The fourth-order valence-corrected chi connectivity index (χ4v) is 3.27. The number of fused-ring (bicyclic) bond motifs is 1. The number of aliphatic imine (C=N–C) groups is 1. The molecule has 0 atom stereocenters. The van der Waals surface area contributed by atoms with Gasteiger partial charge in [0.1, 0.15) is 5.69 Å². The highest BCUT2D eigenvalue weighted by Crippen LogP contribution is 2.32. The lowest BCUT2D eigenvalue weighted by Crippen LogP contribution is -2.11. The van der Waals surface area contributed by atoms with Crippen LogP contribution in [0, 0.1) is 0 Å². The third-order valence-electron chi connectivity index (χ3n) is 5.01. The normalized spacial score (nSPS) is 12.2. The molecule has 0 radical (unpaired) electrons. The minimum atomic E-state index is 0.00646. The van der Waals surface area contributed by atoms with Crippen LogP contribution in [0.15, 0.2) is 47.5 Å². The van der Waals surface area contributed by atoms with E-state index in [1.54, 1.807) is 0 Å². The van der Waals surface area contributed by atoms with Gasteiger partial charge in [-0.25, -0.2) is 4.98 Å². The zero-order valence-corrected chi connectivity index (χ0v) is 17.7. The van der Waals surface area contributed by atoms with Crippen LogP contribution in [0.5, 0.6) is 0 Å². The third kappa shape index (κ3) is 3.84. The molecule has 7 nitrogen and oxygen atoms in total. The number of rotatable bonds is 5. The van der Waals surface area contributed by atoms with E-state index in [1.807, 2.05) is 43.5 Å². The van der Waals surface area contributed by atoms with Gasteiger partial charge in [-0.1, -0.05) is 39.8 Å². The number of hydrogen-bond donors (Lipinski definition) is 4. The summed E-state index contributed by atoms with van der Waals surface area (Å²) in [5.74, 6) is 6.46. The molecule has 0 saturated heterocycles. The summed E-state index contributed by atoms with van der Waals surface area (Å²) in [5, 5.41) is 7.55. The van der Waals surface area contributed by atoms with E-state index in [4.69, 9.17) is 10.8 Å². The number of hydrazine groups is 1. The Bertz CT molecular complexity index is 1210. The van der Waals surface area contributed by atoms with Crippen LogP contribution in [0.25, 0.3) is 33.7 Å². The summed E-state index contributed by atoms with van der Waals surface area (Å²) in [5.41, 5.74) is 10.2. The van der Waals surface area contributed by atoms with Crippen molar-refractivity contribution in [3.8, 4) is 22.6 Å². The predicted molar refractivity (Wildman–Crippen MR) is 124 cm³/mol. The van der Waals surface area contributed by atoms with Gasteiger partial charge in [0.2, 0.25) is 0 Å². The van der Waals surface area contributed by atoms with Gasteiger partial charge in [0.15, 0.2) is 5.82 Å². The molecule has 4 aromatic rings. The Morgan fingerprint density at radius 3 is 2.57 bits per heavy atom. The first-order valence-electron chi connectivity index (χ1n) is 10.1. The van der Waals surface area contributed by atoms with Crippen molar-refractivity contribution in [1.29, 1.82) is 0 Å². The second kappa shape index (κ2) is 7.76. The maximum absolute atomic E-state index is 5.71. The molecule has 0 fully saturated rings. The van der Waals surface area contributed by atoms with E-state index in [-0.39, 0.29) is 5.41 Å². The van der Waals surface area contributed by atoms with Gasteiger partial charge in [0, 0.05) is 17.3 Å². The highest BCUT2D eigenvalue weighted by molar-refractivity contribution is 5.86. The van der Waals surface area contributed by atoms with Crippen LogP contribution in [-0.4, -0.2) is 26.4 Å². The van der Waals surface area contributed by atoms with Crippen LogP contribution in [0.2, 0.25) is 0 Å². The van der Waals surface area contributed by atoms with Crippen molar-refractivity contribution in [3.63, 3.8) is 0 Å². The largest absolute Gasteiger partial charge is 0.337 e. The number of nitrogens with zero attached hydrogens (tertiary/aromatic N) is 3. The number of anilines is 1. The summed E-state index contributed by atoms with van der Waals surface area (Å²) in [6.07, 6.45) is 2.74. The van der Waals surface area contributed by atoms with E-state index in [1.165, 1.54) is 0 Å². The fourth-order valence-electron chi connectivity index (χ4n) is 3.27. The molecule has 2 aromatic carbocycles. The van der Waals surface area contributed by atoms with Crippen LogP contribution in [0.1, 0.15) is 39.8 Å². The van der Waals surface area contributed by atoms with E-state index in [9.17, 15) is 0 Å². The number of H-pyrrole nitrogens is 2. The van der Waals surface area contributed by atoms with Gasteiger partial charge in [0.25, 0.3) is 0 Å². The Balaban J connectivity index is 1.69. The first-order valence-corrected chi connectivity index (χ1v) is 10.1. The van der Waals surface area contributed by atoms with Crippen molar-refractivity contribution in [3.05, 3.63) is 48.2 Å². The van der Waals surface area contributed by atoms with E-state index in [0.717, 1.165) is 57.2 Å². The number of nitrogens with two attached hydrogens (primary N) is 1. The number of hydrogen-bond acceptors (Lipinski definition) is 5. The molecule has 5 N–H and O–H groups in total. The second-order valence-corrected chi connectivity index (χ2v) is 8.33. The Hall–Kier alpha value is -3.45. The fraction of sp³-hybridized carbons (Fsp3) is 0.261. The number of imidazole rings is 1. The van der Waals surface area contributed by atoms with E-state index in [0.29, 0.717) is 0 Å². The second-order valence-electron chi connectivity index (χ2n) is 8.33. The highest BCUT2D eigenvalue weighted by Gasteiger charge is 2.18. The lowest BCUT2D eigenvalue weighted by molar-refractivity contribution is 0.567. The van der Waals surface area contributed by atoms with Gasteiger partial charge in [0.05, 0.1) is 22.4 Å². The molecule has 154 valence electrons. The van der Waals surface area contributed by atoms with Gasteiger partial charge in [-0.05, 0) is 47.9 Å². The molecule has 0 unspecified atom stereocenters. The Morgan fingerprint density at radius 1 is 1.10 bits per heavy atom. The molecule has 0 aliphatic carbocycles. The average molecular weight is 402 g/mol. The summed E-state index contributed by atoms with van der Waals surface area (Å²) < 4.78 is 0. The summed E-state index contributed by atoms with van der Waals surface area (Å²) in [7, 11) is 0. The van der Waals surface area contributed by atoms with E-state index >= 15 is 0 Å². The van der Waals surface area contributed by atoms with Crippen LogP contribution in [0.4, 0.5) is 11.4 Å². The summed E-state index contributed by atoms with van der Waals surface area (Å²) in [6.45, 7) is 8.50. The number of aromatic nitrogens is 4. The van der Waals surface area contributed by atoms with Crippen molar-refractivity contribution >= 4 is 28.6 Å². The zero-order valence-electron chi connectivity index (χ0n) is 17.7. The molecule has 0 spiro atoms. The van der Waals surface area contributed by atoms with Gasteiger partial charge >= 0.3 is 0 Å². The van der Waals surface area contributed by atoms with Crippen molar-refractivity contribution in [1.82, 2.24) is 20.2 Å². The topological polar surface area (TPSA) is 108 Å². The Labute approximate surface area is 175 Å². The predicted octanol–water partition coefficient (Wildman–Crippen LogP) is 5.32. The van der Waals surface area contributed by atoms with Crippen LogP contribution < -0.4 is 11.3 Å². The van der Waals surface area contributed by atoms with Crippen molar-refractivity contribution < 1.29 is 0 Å². The molecular formula is C23H27N7. The third-order valence-corrected chi connectivity index (χ3v) is 5.01. The summed E-state index contributed by atoms with van der Waals surface area (Å²) >= 11 is 0. The van der Waals surface area contributed by atoms with Crippen molar-refractivity contribution in [2.75, 3.05) is 5.43 Å². The lowest BCUT2D eigenvalue weighted by atomic mass is 9.92. The minimum Gasteiger partial charge on any atom is -0.337 e. The quantitative estimate of drug-likeness (QED) is 0.206. The number of nitrogens with one attached hydrogen (secondary N) is 3. The molecule has 0 saturated carbocycles. The number of nitrogen functional groups attached to an aromatic ring is 1. The Morgan fingerprint density at radius 2 is 1.87 bits per heavy atom. The molecule has 4 rings (SSSR count). The Kier molecular flexibility index (Phi) is 5.13.